The highest BCUT2D eigenvalue weighted by Crippen LogP contribution is 2.63. The smallest absolute Gasteiger partial charge is 0.224 e. The lowest BCUT2D eigenvalue weighted by atomic mass is 9.61. The van der Waals surface area contributed by atoms with Crippen LogP contribution in [0, 0.1) is 11.3 Å². The van der Waals surface area contributed by atoms with Crippen LogP contribution in [0.15, 0.2) is 37.7 Å². The van der Waals surface area contributed by atoms with Crippen LogP contribution in [0.2, 0.25) is 0 Å². The fourth-order valence-corrected chi connectivity index (χ4v) is 6.79. The maximum absolute atomic E-state index is 13.1. The molecule has 0 aromatic carbocycles. The van der Waals surface area contributed by atoms with Crippen LogP contribution in [0.1, 0.15) is 28.0 Å². The molecule has 4 heterocycles. The summed E-state index contributed by atoms with van der Waals surface area (Å²) in [5.41, 5.74) is 3.96. The molecule has 1 aromatic rings. The van der Waals surface area contributed by atoms with Crippen molar-refractivity contribution >= 4 is 50.7 Å². The third kappa shape index (κ3) is 1.62. The number of nitrogens with zero attached hydrogens (tertiary/aromatic N) is 2. The lowest BCUT2D eigenvalue weighted by Crippen LogP contribution is -2.50. The van der Waals surface area contributed by atoms with Gasteiger partial charge < -0.3 is 4.98 Å². The Morgan fingerprint density at radius 2 is 2.20 bits per heavy atom. The van der Waals surface area contributed by atoms with Gasteiger partial charge in [-0.25, -0.2) is 0 Å². The number of H-pyrrole nitrogens is 1. The second-order valence-electron chi connectivity index (χ2n) is 7.04. The van der Waals surface area contributed by atoms with Gasteiger partial charge in [0.05, 0.1) is 27.5 Å². The Bertz CT molecular complexity index is 1030. The van der Waals surface area contributed by atoms with Crippen LogP contribution < -0.4 is 0 Å². The molecule has 5 nitrogen and oxygen atoms in total. The predicted octanol–water partition coefficient (Wildman–Crippen LogP) is 2.82. The number of nitrogens with one attached hydrogen (secondary N) is 1. The molecular formula is C18H12BrN3O2S. The summed E-state index contributed by atoms with van der Waals surface area (Å²) in [6.45, 7) is 0.729. The number of aromatic nitrogens is 1. The van der Waals surface area contributed by atoms with Crippen molar-refractivity contribution in [3.8, 4) is 0 Å². The standard InChI is InChI=1S/C18H12BrN3O2S/c19-8-4-18-5-11(25-10(18)3-9(8)23)22-16-13(18)14-12-7(1-2-20-14)6-21-15(12)17(16)24/h3-4,6,11,13,21H,1-2,5H2/t11-,13?,18-/m0/s1. The molecular weight excluding hydrogens is 402 g/mol. The van der Waals surface area contributed by atoms with E-state index in [0.29, 0.717) is 15.9 Å². The fourth-order valence-electron chi connectivity index (χ4n) is 4.80. The van der Waals surface area contributed by atoms with Crippen LogP contribution in [0.3, 0.4) is 0 Å². The van der Waals surface area contributed by atoms with E-state index in [1.54, 1.807) is 17.8 Å². The van der Waals surface area contributed by atoms with Crippen molar-refractivity contribution in [1.82, 2.24) is 4.98 Å². The SMILES string of the molecule is O=C1C=C2S[C@H]3C[C@]2(C=C1Br)C1C(=N3)C(=O)c2[nH]cc3c2C1=NCC3. The number of fused-ring (bicyclic) bond motifs is 3. The zero-order chi connectivity index (χ0) is 16.9. The molecule has 1 fully saturated rings. The van der Waals surface area contributed by atoms with Gasteiger partial charge in [-0.05, 0) is 40.4 Å². The first-order valence-electron chi connectivity index (χ1n) is 8.27. The number of Topliss-reactive ketones (excluding diaryl/α,β-unsaturated/α-hetero) is 1. The van der Waals surface area contributed by atoms with Gasteiger partial charge in [0.25, 0.3) is 0 Å². The van der Waals surface area contributed by atoms with E-state index in [0.717, 1.165) is 41.1 Å². The Morgan fingerprint density at radius 1 is 1.32 bits per heavy atom. The molecule has 1 aromatic heterocycles. The van der Waals surface area contributed by atoms with Crippen molar-refractivity contribution < 1.29 is 9.59 Å². The van der Waals surface area contributed by atoms with Crippen molar-refractivity contribution in [3.05, 3.63) is 44.6 Å². The number of carbonyl (C=O) groups is 2. The lowest BCUT2D eigenvalue weighted by Gasteiger charge is -2.43. The number of carbonyl (C=O) groups excluding carboxylic acids is 2. The van der Waals surface area contributed by atoms with Gasteiger partial charge >= 0.3 is 0 Å². The zero-order valence-electron chi connectivity index (χ0n) is 13.0. The van der Waals surface area contributed by atoms with Crippen LogP contribution in [0.5, 0.6) is 0 Å². The third-order valence-electron chi connectivity index (χ3n) is 5.80. The molecule has 1 spiro atoms. The molecule has 0 saturated carbocycles. The van der Waals surface area contributed by atoms with E-state index in [-0.39, 0.29) is 28.3 Å². The number of thioether (sulfide) groups is 1. The summed E-state index contributed by atoms with van der Waals surface area (Å²) in [6.07, 6.45) is 7.33. The van der Waals surface area contributed by atoms with Crippen LogP contribution >= 0.6 is 27.7 Å². The fraction of sp³-hybridized carbons (Fsp3) is 0.333. The Morgan fingerprint density at radius 3 is 3.08 bits per heavy atom. The van der Waals surface area contributed by atoms with Gasteiger partial charge in [-0.15, -0.1) is 11.8 Å². The van der Waals surface area contributed by atoms with Gasteiger partial charge in [0.1, 0.15) is 5.37 Å². The van der Waals surface area contributed by atoms with Crippen LogP contribution in [-0.4, -0.2) is 39.9 Å². The summed E-state index contributed by atoms with van der Waals surface area (Å²) >= 11 is 5.04. The van der Waals surface area contributed by atoms with Crippen molar-refractivity contribution in [3.63, 3.8) is 0 Å². The summed E-state index contributed by atoms with van der Waals surface area (Å²) in [5, 5.41) is -0.0101. The van der Waals surface area contributed by atoms with Crippen molar-refractivity contribution in [2.45, 2.75) is 18.2 Å². The average Bonchev–Trinajstić information content (AvgIpc) is 3.13. The number of halogens is 1. The minimum absolute atomic E-state index is 0.0101. The third-order valence-corrected chi connectivity index (χ3v) is 7.72. The zero-order valence-corrected chi connectivity index (χ0v) is 15.4. The largest absolute Gasteiger partial charge is 0.358 e. The average molecular weight is 414 g/mol. The van der Waals surface area contributed by atoms with Gasteiger partial charge in [-0.1, -0.05) is 6.08 Å². The topological polar surface area (TPSA) is 74.7 Å². The molecule has 3 aliphatic heterocycles. The molecule has 2 aliphatic carbocycles. The van der Waals surface area contributed by atoms with Crippen molar-refractivity contribution in [2.24, 2.45) is 21.3 Å². The maximum atomic E-state index is 13.1. The van der Waals surface area contributed by atoms with Crippen LogP contribution in [0.25, 0.3) is 0 Å². The normalized spacial score (nSPS) is 34.4. The first-order chi connectivity index (χ1) is 12.1. The summed E-state index contributed by atoms with van der Waals surface area (Å²) < 4.78 is 0.572. The molecule has 7 heteroatoms. The Labute approximate surface area is 155 Å². The highest BCUT2D eigenvalue weighted by Gasteiger charge is 2.60. The highest BCUT2D eigenvalue weighted by atomic mass is 79.9. The quantitative estimate of drug-likeness (QED) is 0.710. The first-order valence-corrected chi connectivity index (χ1v) is 9.94. The maximum Gasteiger partial charge on any atom is 0.224 e. The Hall–Kier alpha value is -1.73. The van der Waals surface area contributed by atoms with Gasteiger partial charge in [-0.2, -0.15) is 0 Å². The second-order valence-corrected chi connectivity index (χ2v) is 9.11. The van der Waals surface area contributed by atoms with E-state index in [1.807, 2.05) is 12.3 Å². The summed E-state index contributed by atoms with van der Waals surface area (Å²) in [5.74, 6) is -0.224. The number of aromatic amines is 1. The molecule has 6 rings (SSSR count). The van der Waals surface area contributed by atoms with E-state index in [4.69, 9.17) is 9.98 Å². The van der Waals surface area contributed by atoms with Crippen LogP contribution in [-0.2, 0) is 11.2 Å². The monoisotopic (exact) mass is 413 g/mol. The van der Waals surface area contributed by atoms with Crippen molar-refractivity contribution in [1.29, 1.82) is 0 Å². The molecule has 5 aliphatic rings. The molecule has 0 amide bonds. The van der Waals surface area contributed by atoms with Crippen LogP contribution in [0.4, 0.5) is 0 Å². The molecule has 1 N–H and O–H groups in total. The number of ketones is 2. The van der Waals surface area contributed by atoms with E-state index >= 15 is 0 Å². The van der Waals surface area contributed by atoms with Gasteiger partial charge in [0, 0.05) is 28.6 Å². The first kappa shape index (κ1) is 14.4. The minimum atomic E-state index is -0.378. The molecule has 124 valence electrons. The molecule has 3 atom stereocenters. The van der Waals surface area contributed by atoms with E-state index < -0.39 is 0 Å². The molecule has 0 radical (unpaired) electrons. The van der Waals surface area contributed by atoms with E-state index in [9.17, 15) is 9.59 Å². The van der Waals surface area contributed by atoms with E-state index in [2.05, 4.69) is 20.9 Å². The van der Waals surface area contributed by atoms with E-state index in [1.165, 1.54) is 0 Å². The number of allylic oxidation sites excluding steroid dienone is 4. The summed E-state index contributed by atoms with van der Waals surface area (Å²) in [6, 6.07) is 0. The highest BCUT2D eigenvalue weighted by molar-refractivity contribution is 9.12. The van der Waals surface area contributed by atoms with Gasteiger partial charge in [0.2, 0.25) is 5.78 Å². The molecule has 1 saturated heterocycles. The second kappa shape index (κ2) is 4.51. The van der Waals surface area contributed by atoms with Gasteiger partial charge in [0.15, 0.2) is 5.78 Å². The number of hydrogen-bond donors (Lipinski definition) is 1. The lowest BCUT2D eigenvalue weighted by molar-refractivity contribution is -0.110. The molecule has 1 unspecified atom stereocenters. The Balaban J connectivity index is 1.67. The summed E-state index contributed by atoms with van der Waals surface area (Å²) in [7, 11) is 0. The van der Waals surface area contributed by atoms with Gasteiger partial charge in [-0.3, -0.25) is 19.6 Å². The molecule has 2 bridgehead atoms. The summed E-state index contributed by atoms with van der Waals surface area (Å²) in [4.78, 5) is 39.1. The Kier molecular flexibility index (Phi) is 2.60. The molecule has 25 heavy (non-hydrogen) atoms. The number of aliphatic imine (C=N–C) groups is 2. The number of rotatable bonds is 0. The minimum Gasteiger partial charge on any atom is -0.358 e. The predicted molar refractivity (Wildman–Crippen MR) is 99.7 cm³/mol. The van der Waals surface area contributed by atoms with Crippen molar-refractivity contribution in [2.75, 3.05) is 6.54 Å². The number of hydrogen-bond acceptors (Lipinski definition) is 5.